The molecule has 0 aliphatic carbocycles. The number of hydrogen-bond acceptors (Lipinski definition) is 2. The molecule has 2 aromatic rings. The largest absolute Gasteiger partial charge is 0.348 e. The molecular formula is C15H18FN3. The standard InChI is InChI=1S/C15H18FN3/c16-14-5-3-12(4-6-14)10-19-9-1-2-13(11-19)15-17-7-8-18-15/h3-8,13H,1-2,9-11H2,(H,17,18). The first kappa shape index (κ1) is 12.4. The second-order valence-electron chi connectivity index (χ2n) is 5.18. The summed E-state index contributed by atoms with van der Waals surface area (Å²) in [6.45, 7) is 3.01. The zero-order valence-corrected chi connectivity index (χ0v) is 10.8. The van der Waals surface area contributed by atoms with Crippen LogP contribution in [0, 0.1) is 5.82 Å². The van der Waals surface area contributed by atoms with Gasteiger partial charge < -0.3 is 4.98 Å². The van der Waals surface area contributed by atoms with Gasteiger partial charge in [0.2, 0.25) is 0 Å². The molecule has 3 nitrogen and oxygen atoms in total. The van der Waals surface area contributed by atoms with Gasteiger partial charge in [0.15, 0.2) is 0 Å². The van der Waals surface area contributed by atoms with E-state index < -0.39 is 0 Å². The molecule has 1 unspecified atom stereocenters. The van der Waals surface area contributed by atoms with Crippen molar-refractivity contribution in [2.45, 2.75) is 25.3 Å². The van der Waals surface area contributed by atoms with E-state index in [0.717, 1.165) is 25.5 Å². The van der Waals surface area contributed by atoms with Gasteiger partial charge in [0.05, 0.1) is 0 Å². The summed E-state index contributed by atoms with van der Waals surface area (Å²) < 4.78 is 12.9. The number of benzene rings is 1. The summed E-state index contributed by atoms with van der Waals surface area (Å²) in [5.41, 5.74) is 1.17. The van der Waals surface area contributed by atoms with Gasteiger partial charge in [-0.05, 0) is 37.1 Å². The highest BCUT2D eigenvalue weighted by Crippen LogP contribution is 2.25. The third kappa shape index (κ3) is 3.01. The van der Waals surface area contributed by atoms with Gasteiger partial charge in [-0.2, -0.15) is 0 Å². The number of imidazole rings is 1. The van der Waals surface area contributed by atoms with E-state index in [9.17, 15) is 4.39 Å². The predicted octanol–water partition coefficient (Wildman–Crippen LogP) is 2.93. The lowest BCUT2D eigenvalue weighted by molar-refractivity contribution is 0.197. The monoisotopic (exact) mass is 259 g/mol. The summed E-state index contributed by atoms with van der Waals surface area (Å²) in [5.74, 6) is 1.41. The molecule has 0 radical (unpaired) electrons. The van der Waals surface area contributed by atoms with Crippen LogP contribution in [0.1, 0.15) is 30.1 Å². The number of H-pyrrole nitrogens is 1. The molecule has 1 fully saturated rings. The molecule has 3 rings (SSSR count). The van der Waals surface area contributed by atoms with Gasteiger partial charge in [0.25, 0.3) is 0 Å². The summed E-state index contributed by atoms with van der Waals surface area (Å²) >= 11 is 0. The molecule has 0 bridgehead atoms. The Morgan fingerprint density at radius 1 is 1.32 bits per heavy atom. The van der Waals surface area contributed by atoms with Gasteiger partial charge in [-0.3, -0.25) is 4.90 Å². The molecule has 2 heterocycles. The minimum atomic E-state index is -0.171. The molecule has 19 heavy (non-hydrogen) atoms. The molecule has 1 N–H and O–H groups in total. The van der Waals surface area contributed by atoms with Crippen LogP contribution in [0.5, 0.6) is 0 Å². The summed E-state index contributed by atoms with van der Waals surface area (Å²) in [7, 11) is 0. The van der Waals surface area contributed by atoms with Crippen LogP contribution in [0.15, 0.2) is 36.7 Å². The number of rotatable bonds is 3. The molecular weight excluding hydrogens is 241 g/mol. The van der Waals surface area contributed by atoms with Crippen molar-refractivity contribution in [2.24, 2.45) is 0 Å². The van der Waals surface area contributed by atoms with Crippen LogP contribution in [-0.2, 0) is 6.54 Å². The number of likely N-dealkylation sites (tertiary alicyclic amines) is 1. The van der Waals surface area contributed by atoms with Crippen molar-refractivity contribution < 1.29 is 4.39 Å². The van der Waals surface area contributed by atoms with Gasteiger partial charge in [-0.1, -0.05) is 12.1 Å². The van der Waals surface area contributed by atoms with Crippen LogP contribution in [0.2, 0.25) is 0 Å². The maximum Gasteiger partial charge on any atom is 0.123 e. The normalized spacial score (nSPS) is 20.6. The molecule has 1 aromatic heterocycles. The number of hydrogen-bond donors (Lipinski definition) is 1. The van der Waals surface area contributed by atoms with E-state index >= 15 is 0 Å². The van der Waals surface area contributed by atoms with Gasteiger partial charge in [0, 0.05) is 31.4 Å². The first-order chi connectivity index (χ1) is 9.31. The lowest BCUT2D eigenvalue weighted by atomic mass is 9.97. The number of aromatic nitrogens is 2. The Balaban J connectivity index is 1.64. The number of piperidine rings is 1. The Labute approximate surface area is 112 Å². The number of halogens is 1. The van der Waals surface area contributed by atoms with E-state index in [1.807, 2.05) is 24.5 Å². The predicted molar refractivity (Wildman–Crippen MR) is 72.2 cm³/mol. The van der Waals surface area contributed by atoms with Crippen molar-refractivity contribution in [3.63, 3.8) is 0 Å². The molecule has 1 aromatic carbocycles. The van der Waals surface area contributed by atoms with E-state index in [1.54, 1.807) is 0 Å². The second-order valence-corrected chi connectivity index (χ2v) is 5.18. The smallest absolute Gasteiger partial charge is 0.123 e. The Kier molecular flexibility index (Phi) is 3.60. The second kappa shape index (κ2) is 5.53. The molecule has 100 valence electrons. The van der Waals surface area contributed by atoms with Crippen molar-refractivity contribution in [3.05, 3.63) is 53.9 Å². The number of nitrogens with one attached hydrogen (secondary N) is 1. The lowest BCUT2D eigenvalue weighted by Gasteiger charge is -2.31. The Morgan fingerprint density at radius 2 is 2.16 bits per heavy atom. The zero-order chi connectivity index (χ0) is 13.1. The summed E-state index contributed by atoms with van der Waals surface area (Å²) in [4.78, 5) is 9.99. The maximum atomic E-state index is 12.9. The maximum absolute atomic E-state index is 12.9. The van der Waals surface area contributed by atoms with Crippen LogP contribution in [-0.4, -0.2) is 28.0 Å². The highest BCUT2D eigenvalue weighted by Gasteiger charge is 2.22. The van der Waals surface area contributed by atoms with Crippen LogP contribution >= 0.6 is 0 Å². The summed E-state index contributed by atoms with van der Waals surface area (Å²) in [6, 6.07) is 6.80. The first-order valence-electron chi connectivity index (χ1n) is 6.77. The van der Waals surface area contributed by atoms with Gasteiger partial charge in [0.1, 0.15) is 11.6 Å². The highest BCUT2D eigenvalue weighted by molar-refractivity contribution is 5.16. The van der Waals surface area contributed by atoms with E-state index in [2.05, 4.69) is 14.9 Å². The Morgan fingerprint density at radius 3 is 2.89 bits per heavy atom. The molecule has 1 aliphatic rings. The van der Waals surface area contributed by atoms with Crippen molar-refractivity contribution in [1.82, 2.24) is 14.9 Å². The molecule has 0 spiro atoms. The van der Waals surface area contributed by atoms with Crippen LogP contribution in [0.25, 0.3) is 0 Å². The lowest BCUT2D eigenvalue weighted by Crippen LogP contribution is -2.34. The fraction of sp³-hybridized carbons (Fsp3) is 0.400. The van der Waals surface area contributed by atoms with E-state index in [-0.39, 0.29) is 5.82 Å². The number of nitrogens with zero attached hydrogens (tertiary/aromatic N) is 2. The minimum absolute atomic E-state index is 0.171. The van der Waals surface area contributed by atoms with Crippen molar-refractivity contribution in [1.29, 1.82) is 0 Å². The van der Waals surface area contributed by atoms with Crippen molar-refractivity contribution in [3.8, 4) is 0 Å². The SMILES string of the molecule is Fc1ccc(CN2CCCC(c3ncc[nH]3)C2)cc1. The van der Waals surface area contributed by atoms with Gasteiger partial charge in [-0.15, -0.1) is 0 Å². The molecule has 0 saturated carbocycles. The molecule has 0 amide bonds. The number of aromatic amines is 1. The van der Waals surface area contributed by atoms with E-state index in [1.165, 1.54) is 30.5 Å². The Hall–Kier alpha value is -1.68. The van der Waals surface area contributed by atoms with Crippen molar-refractivity contribution in [2.75, 3.05) is 13.1 Å². The molecule has 1 aliphatic heterocycles. The average Bonchev–Trinajstić information content (AvgIpc) is 2.96. The van der Waals surface area contributed by atoms with Crippen LogP contribution < -0.4 is 0 Å². The third-order valence-electron chi connectivity index (χ3n) is 3.73. The molecule has 4 heteroatoms. The zero-order valence-electron chi connectivity index (χ0n) is 10.8. The van der Waals surface area contributed by atoms with E-state index in [0.29, 0.717) is 5.92 Å². The molecule has 1 atom stereocenters. The highest BCUT2D eigenvalue weighted by atomic mass is 19.1. The summed E-state index contributed by atoms with van der Waals surface area (Å²) in [6.07, 6.45) is 6.07. The minimum Gasteiger partial charge on any atom is -0.348 e. The fourth-order valence-corrected chi connectivity index (χ4v) is 2.77. The van der Waals surface area contributed by atoms with E-state index in [4.69, 9.17) is 0 Å². The quantitative estimate of drug-likeness (QED) is 0.919. The van der Waals surface area contributed by atoms with Gasteiger partial charge >= 0.3 is 0 Å². The van der Waals surface area contributed by atoms with Crippen molar-refractivity contribution >= 4 is 0 Å². The topological polar surface area (TPSA) is 31.9 Å². The Bertz CT molecular complexity index is 507. The first-order valence-corrected chi connectivity index (χ1v) is 6.77. The summed E-state index contributed by atoms with van der Waals surface area (Å²) in [5, 5.41) is 0. The fourth-order valence-electron chi connectivity index (χ4n) is 2.77. The molecule has 1 saturated heterocycles. The van der Waals surface area contributed by atoms with Gasteiger partial charge in [-0.25, -0.2) is 9.37 Å². The van der Waals surface area contributed by atoms with Crippen LogP contribution in [0.4, 0.5) is 4.39 Å². The average molecular weight is 259 g/mol. The van der Waals surface area contributed by atoms with Crippen LogP contribution in [0.3, 0.4) is 0 Å². The third-order valence-corrected chi connectivity index (χ3v) is 3.73.